The molecule has 9 nitrogen and oxygen atoms in total. The fourth-order valence-electron chi connectivity index (χ4n) is 3.55. The lowest BCUT2D eigenvalue weighted by molar-refractivity contribution is -0.141. The lowest BCUT2D eigenvalue weighted by Crippen LogP contribution is -2.53. The molecule has 2 unspecified atom stereocenters. The molecule has 0 aliphatic rings. The molecule has 1 rings (SSSR count). The van der Waals surface area contributed by atoms with Gasteiger partial charge in [0, 0.05) is 12.1 Å². The Morgan fingerprint density at radius 3 is 2.53 bits per heavy atom. The van der Waals surface area contributed by atoms with E-state index in [1.165, 1.54) is 11.8 Å². The van der Waals surface area contributed by atoms with E-state index in [-0.39, 0.29) is 17.7 Å². The zero-order chi connectivity index (χ0) is 27.3. The molecule has 3 N–H and O–H groups in total. The lowest BCUT2D eigenvalue weighted by Gasteiger charge is -2.33. The standard InChI is InChI=1S/C26H40N4O5S/c1-7-8-9-15-28-23(32)21(19-12-10-11-18(2)22(19)31)30(16-14-27)24(33)20(13-17-36-6)29-25(34)35-26(3,4)5/h10-12,20-21,31H,7-9,13,15-17H2,1-6H3,(H,28,32)(H,29,34). The second kappa shape index (κ2) is 15.2. The maximum absolute atomic E-state index is 13.8. The third kappa shape index (κ3) is 9.97. The molecule has 0 saturated carbocycles. The third-order valence-corrected chi connectivity index (χ3v) is 5.97. The Morgan fingerprint density at radius 1 is 1.25 bits per heavy atom. The average molecular weight is 521 g/mol. The third-order valence-electron chi connectivity index (χ3n) is 5.33. The molecule has 0 spiro atoms. The summed E-state index contributed by atoms with van der Waals surface area (Å²) in [4.78, 5) is 40.8. The van der Waals surface area contributed by atoms with E-state index in [0.717, 1.165) is 24.2 Å². The first-order chi connectivity index (χ1) is 17.0. The number of benzene rings is 1. The molecule has 0 aromatic heterocycles. The van der Waals surface area contributed by atoms with Crippen LogP contribution < -0.4 is 10.6 Å². The van der Waals surface area contributed by atoms with E-state index >= 15 is 0 Å². The van der Waals surface area contributed by atoms with E-state index in [4.69, 9.17) is 4.74 Å². The molecular weight excluding hydrogens is 480 g/mol. The fraction of sp³-hybridized carbons (Fsp3) is 0.615. The number of amides is 3. The predicted molar refractivity (Wildman–Crippen MR) is 142 cm³/mol. The first kappa shape index (κ1) is 31.1. The molecule has 0 heterocycles. The van der Waals surface area contributed by atoms with Crippen LogP contribution in [0.2, 0.25) is 0 Å². The van der Waals surface area contributed by atoms with E-state index in [2.05, 4.69) is 17.6 Å². The van der Waals surface area contributed by atoms with Gasteiger partial charge in [-0.2, -0.15) is 17.0 Å². The summed E-state index contributed by atoms with van der Waals surface area (Å²) in [6.07, 6.45) is 4.04. The van der Waals surface area contributed by atoms with E-state index in [1.807, 2.05) is 12.3 Å². The zero-order valence-electron chi connectivity index (χ0n) is 22.2. The van der Waals surface area contributed by atoms with Gasteiger partial charge >= 0.3 is 6.09 Å². The Morgan fingerprint density at radius 2 is 1.94 bits per heavy atom. The van der Waals surface area contributed by atoms with Crippen LogP contribution in [0.3, 0.4) is 0 Å². The van der Waals surface area contributed by atoms with Crippen molar-refractivity contribution in [1.82, 2.24) is 15.5 Å². The molecule has 0 aliphatic heterocycles. The number of carbonyl (C=O) groups excluding carboxylic acids is 3. The number of carbonyl (C=O) groups is 3. The Labute approximate surface area is 218 Å². The second-order valence-corrected chi connectivity index (χ2v) is 10.5. The van der Waals surface area contributed by atoms with Gasteiger partial charge in [0.05, 0.1) is 6.07 Å². The highest BCUT2D eigenvalue weighted by molar-refractivity contribution is 7.98. The van der Waals surface area contributed by atoms with E-state index in [0.29, 0.717) is 17.9 Å². The highest BCUT2D eigenvalue weighted by atomic mass is 32.2. The van der Waals surface area contributed by atoms with Crippen molar-refractivity contribution in [2.24, 2.45) is 0 Å². The highest BCUT2D eigenvalue weighted by Crippen LogP contribution is 2.32. The highest BCUT2D eigenvalue weighted by Gasteiger charge is 2.37. The number of phenols is 1. The number of thioether (sulfide) groups is 1. The fourth-order valence-corrected chi connectivity index (χ4v) is 4.02. The molecular formula is C26H40N4O5S. The minimum absolute atomic E-state index is 0.122. The Hall–Kier alpha value is -2.93. The van der Waals surface area contributed by atoms with Crippen molar-refractivity contribution >= 4 is 29.7 Å². The van der Waals surface area contributed by atoms with Crippen LogP contribution in [-0.4, -0.2) is 64.7 Å². The van der Waals surface area contributed by atoms with Gasteiger partial charge in [-0.15, -0.1) is 0 Å². The van der Waals surface area contributed by atoms with Crippen LogP contribution in [0.5, 0.6) is 5.75 Å². The molecule has 3 amide bonds. The minimum atomic E-state index is -1.25. The summed E-state index contributed by atoms with van der Waals surface area (Å²) in [5.41, 5.74) is -0.0171. The number of unbranched alkanes of at least 4 members (excludes halogenated alkanes) is 2. The number of ether oxygens (including phenoxy) is 1. The van der Waals surface area contributed by atoms with Gasteiger partial charge in [0.15, 0.2) is 0 Å². The number of nitrogens with one attached hydrogen (secondary N) is 2. The Bertz CT molecular complexity index is 926. The van der Waals surface area contributed by atoms with Crippen LogP contribution in [0, 0.1) is 18.3 Å². The molecule has 1 aromatic rings. The first-order valence-electron chi connectivity index (χ1n) is 12.2. The van der Waals surface area contributed by atoms with Crippen LogP contribution >= 0.6 is 11.8 Å². The van der Waals surface area contributed by atoms with Gasteiger partial charge in [0.25, 0.3) is 0 Å². The van der Waals surface area contributed by atoms with Gasteiger partial charge in [-0.25, -0.2) is 4.79 Å². The molecule has 0 fully saturated rings. The smallest absolute Gasteiger partial charge is 0.408 e. The van der Waals surface area contributed by atoms with Gasteiger partial charge in [-0.05, 0) is 58.1 Å². The van der Waals surface area contributed by atoms with Gasteiger partial charge in [-0.3, -0.25) is 9.59 Å². The van der Waals surface area contributed by atoms with Gasteiger partial charge < -0.3 is 25.4 Å². The van der Waals surface area contributed by atoms with Crippen molar-refractivity contribution in [1.29, 1.82) is 5.26 Å². The van der Waals surface area contributed by atoms with Gasteiger partial charge in [-0.1, -0.05) is 38.0 Å². The van der Waals surface area contributed by atoms with Gasteiger partial charge in [0.1, 0.15) is 30.0 Å². The van der Waals surface area contributed by atoms with Crippen molar-refractivity contribution < 1.29 is 24.2 Å². The number of para-hydroxylation sites is 1. The number of aromatic hydroxyl groups is 1. The van der Waals surface area contributed by atoms with E-state index < -0.39 is 42.1 Å². The number of phenolic OH excluding ortho intramolecular Hbond substituents is 1. The van der Waals surface area contributed by atoms with Crippen LogP contribution in [0.4, 0.5) is 4.79 Å². The van der Waals surface area contributed by atoms with Crippen molar-refractivity contribution in [3.63, 3.8) is 0 Å². The summed E-state index contributed by atoms with van der Waals surface area (Å²) < 4.78 is 5.33. The average Bonchev–Trinajstić information content (AvgIpc) is 2.80. The number of alkyl carbamates (subject to hydrolysis) is 1. The molecule has 0 saturated heterocycles. The largest absolute Gasteiger partial charge is 0.507 e. The van der Waals surface area contributed by atoms with Gasteiger partial charge in [0.2, 0.25) is 11.8 Å². The Kier molecular flexibility index (Phi) is 13.2. The van der Waals surface area contributed by atoms with Crippen LogP contribution in [-0.2, 0) is 14.3 Å². The van der Waals surface area contributed by atoms with Crippen molar-refractivity contribution in [3.8, 4) is 11.8 Å². The number of hydrogen-bond acceptors (Lipinski definition) is 7. The number of aryl methyl sites for hydroxylation is 1. The SMILES string of the molecule is CCCCCNC(=O)C(c1cccc(C)c1O)N(CC#N)C(=O)C(CCSC)NC(=O)OC(C)(C)C. The van der Waals surface area contributed by atoms with Crippen LogP contribution in [0.25, 0.3) is 0 Å². The normalized spacial score (nSPS) is 12.7. The summed E-state index contributed by atoms with van der Waals surface area (Å²) >= 11 is 1.50. The quantitative estimate of drug-likeness (QED) is 0.264. The van der Waals surface area contributed by atoms with Crippen LogP contribution in [0.1, 0.15) is 70.5 Å². The summed E-state index contributed by atoms with van der Waals surface area (Å²) in [6.45, 7) is 8.87. The second-order valence-electron chi connectivity index (χ2n) is 9.52. The molecule has 1 aromatic carbocycles. The summed E-state index contributed by atoms with van der Waals surface area (Å²) in [7, 11) is 0. The number of rotatable bonds is 13. The van der Waals surface area contributed by atoms with E-state index in [9.17, 15) is 24.8 Å². The molecule has 0 radical (unpaired) electrons. The zero-order valence-corrected chi connectivity index (χ0v) is 23.0. The molecule has 2 atom stereocenters. The first-order valence-corrected chi connectivity index (χ1v) is 13.6. The Balaban J connectivity index is 3.42. The van der Waals surface area contributed by atoms with Crippen molar-refractivity contribution in [2.75, 3.05) is 25.1 Å². The predicted octanol–water partition coefficient (Wildman–Crippen LogP) is 4.05. The van der Waals surface area contributed by atoms with E-state index in [1.54, 1.807) is 45.9 Å². The summed E-state index contributed by atoms with van der Waals surface area (Å²) in [5.74, 6) is -0.679. The molecule has 0 bridgehead atoms. The number of nitrogens with zero attached hydrogens (tertiary/aromatic N) is 2. The maximum atomic E-state index is 13.8. The summed E-state index contributed by atoms with van der Waals surface area (Å²) in [5, 5.41) is 25.8. The minimum Gasteiger partial charge on any atom is -0.507 e. The number of nitriles is 1. The summed E-state index contributed by atoms with van der Waals surface area (Å²) in [6, 6.07) is 4.62. The lowest BCUT2D eigenvalue weighted by atomic mass is 9.99. The monoisotopic (exact) mass is 520 g/mol. The number of hydrogen-bond donors (Lipinski definition) is 3. The van der Waals surface area contributed by atoms with Crippen molar-refractivity contribution in [3.05, 3.63) is 29.3 Å². The van der Waals surface area contributed by atoms with Crippen LogP contribution in [0.15, 0.2) is 18.2 Å². The molecule has 0 aliphatic carbocycles. The topological polar surface area (TPSA) is 132 Å². The molecule has 36 heavy (non-hydrogen) atoms. The maximum Gasteiger partial charge on any atom is 0.408 e. The molecule has 10 heteroatoms. The molecule has 200 valence electrons. The van der Waals surface area contributed by atoms with Crippen molar-refractivity contribution in [2.45, 2.75) is 78.0 Å².